The zero-order chi connectivity index (χ0) is 22.0. The van der Waals surface area contributed by atoms with Crippen LogP contribution >= 0.6 is 11.3 Å². The first-order chi connectivity index (χ1) is 15.0. The number of nitrogens with one attached hydrogen (secondary N) is 1. The first-order valence-corrected chi connectivity index (χ1v) is 10.7. The summed E-state index contributed by atoms with van der Waals surface area (Å²) in [7, 11) is 0. The van der Waals surface area contributed by atoms with Crippen molar-refractivity contribution < 1.29 is 9.59 Å². The molecule has 10 heteroatoms. The molecule has 0 atom stereocenters. The first kappa shape index (κ1) is 20.6. The van der Waals surface area contributed by atoms with Crippen molar-refractivity contribution >= 4 is 33.9 Å². The summed E-state index contributed by atoms with van der Waals surface area (Å²) in [5.41, 5.74) is 7.24. The topological polar surface area (TPSA) is 128 Å². The second-order valence-corrected chi connectivity index (χ2v) is 7.97. The maximum atomic E-state index is 13.1. The summed E-state index contributed by atoms with van der Waals surface area (Å²) in [6.45, 7) is 4.20. The molecule has 4 rings (SSSR count). The normalized spacial score (nSPS) is 11.2. The second-order valence-electron chi connectivity index (χ2n) is 6.96. The number of carbonyl (C=O) groups is 2. The van der Waals surface area contributed by atoms with Crippen LogP contribution in [0.15, 0.2) is 42.7 Å². The zero-order valence-electron chi connectivity index (χ0n) is 17.1. The van der Waals surface area contributed by atoms with Gasteiger partial charge in [0.25, 0.3) is 11.8 Å². The number of nitrogens with two attached hydrogens (primary N) is 1. The number of hydrogen-bond acceptors (Lipinski definition) is 7. The van der Waals surface area contributed by atoms with E-state index >= 15 is 0 Å². The maximum Gasteiger partial charge on any atom is 0.274 e. The molecule has 3 aromatic heterocycles. The fraction of sp³-hybridized carbons (Fsp3) is 0.238. The Hall–Kier alpha value is -3.66. The van der Waals surface area contributed by atoms with E-state index in [1.54, 1.807) is 6.07 Å². The minimum absolute atomic E-state index is 0.00114. The number of benzene rings is 1. The van der Waals surface area contributed by atoms with Crippen molar-refractivity contribution in [3.63, 3.8) is 0 Å². The molecule has 0 spiro atoms. The highest BCUT2D eigenvalue weighted by Gasteiger charge is 2.21. The van der Waals surface area contributed by atoms with Gasteiger partial charge in [-0.1, -0.05) is 55.5 Å². The number of aromatic nitrogens is 5. The van der Waals surface area contributed by atoms with E-state index < -0.39 is 11.8 Å². The molecule has 1 aromatic carbocycles. The maximum absolute atomic E-state index is 13.1. The second kappa shape index (κ2) is 8.60. The van der Waals surface area contributed by atoms with E-state index in [0.29, 0.717) is 16.7 Å². The van der Waals surface area contributed by atoms with Gasteiger partial charge in [0.1, 0.15) is 17.0 Å². The Kier molecular flexibility index (Phi) is 5.72. The highest BCUT2D eigenvalue weighted by atomic mass is 32.1. The summed E-state index contributed by atoms with van der Waals surface area (Å²) in [6.07, 6.45) is 3.27. The summed E-state index contributed by atoms with van der Waals surface area (Å²) < 4.78 is 1.45. The quantitative estimate of drug-likeness (QED) is 0.457. The Labute approximate surface area is 182 Å². The Bertz CT molecular complexity index is 1250. The molecule has 0 unspecified atom stereocenters. The number of amides is 2. The van der Waals surface area contributed by atoms with Crippen LogP contribution < -0.4 is 11.1 Å². The van der Waals surface area contributed by atoms with Gasteiger partial charge in [-0.15, -0.1) is 10.2 Å². The molecule has 9 nitrogen and oxygen atoms in total. The summed E-state index contributed by atoms with van der Waals surface area (Å²) in [4.78, 5) is 33.5. The molecular formula is C21H21N7O2S. The molecule has 158 valence electrons. The van der Waals surface area contributed by atoms with Crippen molar-refractivity contribution in [2.24, 2.45) is 5.73 Å². The predicted octanol–water partition coefficient (Wildman–Crippen LogP) is 3.50. The van der Waals surface area contributed by atoms with E-state index in [1.807, 2.05) is 30.3 Å². The van der Waals surface area contributed by atoms with Crippen LogP contribution in [0.1, 0.15) is 58.6 Å². The lowest BCUT2D eigenvalue weighted by atomic mass is 10.1. The summed E-state index contributed by atoms with van der Waals surface area (Å²) in [5.74, 6) is -0.817. The standard InChI is InChI=1S/C21H21N7O2S/c1-3-12(4-2)20-26-27-21(31-20)25-19(30)15-10-14(13-8-6-5-7-9-13)24-18-16(17(22)29)23-11-28(15)18/h5-12H,3-4H2,1-2H3,(H2,22,29)(H,25,27,30). The molecule has 2 amide bonds. The number of hydrogen-bond donors (Lipinski definition) is 2. The molecule has 0 saturated carbocycles. The van der Waals surface area contributed by atoms with E-state index in [1.165, 1.54) is 22.1 Å². The summed E-state index contributed by atoms with van der Waals surface area (Å²) >= 11 is 1.36. The van der Waals surface area contributed by atoms with Crippen LogP contribution in [-0.4, -0.2) is 36.4 Å². The van der Waals surface area contributed by atoms with Crippen LogP contribution in [0, 0.1) is 0 Å². The molecule has 0 bridgehead atoms. The third kappa shape index (κ3) is 4.02. The molecule has 3 heterocycles. The van der Waals surface area contributed by atoms with Gasteiger partial charge in [-0.25, -0.2) is 9.97 Å². The molecule has 0 aliphatic rings. The molecule has 0 fully saturated rings. The SMILES string of the molecule is CCC(CC)c1nnc(NC(=O)c2cc(-c3ccccc3)nc3c(C(N)=O)ncn23)s1. The van der Waals surface area contributed by atoms with E-state index in [9.17, 15) is 9.59 Å². The van der Waals surface area contributed by atoms with Crippen molar-refractivity contribution in [1.82, 2.24) is 24.6 Å². The molecular weight excluding hydrogens is 414 g/mol. The van der Waals surface area contributed by atoms with Gasteiger partial charge in [-0.3, -0.25) is 19.3 Å². The van der Waals surface area contributed by atoms with Crippen LogP contribution in [0.4, 0.5) is 5.13 Å². The van der Waals surface area contributed by atoms with Crippen molar-refractivity contribution in [2.75, 3.05) is 5.32 Å². The van der Waals surface area contributed by atoms with Crippen molar-refractivity contribution in [3.05, 3.63) is 59.1 Å². The minimum atomic E-state index is -0.717. The van der Waals surface area contributed by atoms with Gasteiger partial charge < -0.3 is 5.73 Å². The number of nitrogens with zero attached hydrogens (tertiary/aromatic N) is 5. The minimum Gasteiger partial charge on any atom is -0.364 e. The lowest BCUT2D eigenvalue weighted by Gasteiger charge is -2.09. The number of rotatable bonds is 7. The molecule has 0 saturated heterocycles. The smallest absolute Gasteiger partial charge is 0.274 e. The Balaban J connectivity index is 1.75. The van der Waals surface area contributed by atoms with E-state index in [-0.39, 0.29) is 17.0 Å². The van der Waals surface area contributed by atoms with Crippen molar-refractivity contribution in [3.8, 4) is 11.3 Å². The van der Waals surface area contributed by atoms with Gasteiger partial charge in [-0.05, 0) is 18.9 Å². The first-order valence-electron chi connectivity index (χ1n) is 9.89. The molecule has 4 aromatic rings. The van der Waals surface area contributed by atoms with Gasteiger partial charge in [0.2, 0.25) is 5.13 Å². The molecule has 0 radical (unpaired) electrons. The number of carbonyl (C=O) groups excluding carboxylic acids is 2. The monoisotopic (exact) mass is 435 g/mol. The third-order valence-electron chi connectivity index (χ3n) is 5.03. The van der Waals surface area contributed by atoms with E-state index in [2.05, 4.69) is 39.3 Å². The van der Waals surface area contributed by atoms with Crippen LogP contribution in [0.5, 0.6) is 0 Å². The Morgan fingerprint density at radius 2 is 1.90 bits per heavy atom. The van der Waals surface area contributed by atoms with Crippen LogP contribution in [0.25, 0.3) is 16.9 Å². The van der Waals surface area contributed by atoms with Gasteiger partial charge in [0, 0.05) is 11.5 Å². The number of anilines is 1. The lowest BCUT2D eigenvalue weighted by Crippen LogP contribution is -2.17. The van der Waals surface area contributed by atoms with Gasteiger partial charge in [0.05, 0.1) is 5.69 Å². The van der Waals surface area contributed by atoms with E-state index in [0.717, 1.165) is 23.4 Å². The average molecular weight is 436 g/mol. The molecule has 0 aliphatic heterocycles. The molecule has 3 N–H and O–H groups in total. The highest BCUT2D eigenvalue weighted by molar-refractivity contribution is 7.15. The fourth-order valence-electron chi connectivity index (χ4n) is 3.33. The van der Waals surface area contributed by atoms with Gasteiger partial charge >= 0.3 is 0 Å². The number of imidazole rings is 1. The summed E-state index contributed by atoms with van der Waals surface area (Å²) in [6, 6.07) is 11.0. The largest absolute Gasteiger partial charge is 0.364 e. The average Bonchev–Trinajstić information content (AvgIpc) is 3.42. The molecule has 31 heavy (non-hydrogen) atoms. The Morgan fingerprint density at radius 3 is 2.58 bits per heavy atom. The molecule has 0 aliphatic carbocycles. The van der Waals surface area contributed by atoms with Gasteiger partial charge in [0.15, 0.2) is 11.3 Å². The van der Waals surface area contributed by atoms with Crippen LogP contribution in [0.2, 0.25) is 0 Å². The summed E-state index contributed by atoms with van der Waals surface area (Å²) in [5, 5.41) is 12.4. The van der Waals surface area contributed by atoms with Crippen LogP contribution in [-0.2, 0) is 0 Å². The van der Waals surface area contributed by atoms with E-state index in [4.69, 9.17) is 5.73 Å². The Morgan fingerprint density at radius 1 is 1.16 bits per heavy atom. The lowest BCUT2D eigenvalue weighted by molar-refractivity contribution is 0.0993. The predicted molar refractivity (Wildman–Crippen MR) is 118 cm³/mol. The number of fused-ring (bicyclic) bond motifs is 1. The van der Waals surface area contributed by atoms with Gasteiger partial charge in [-0.2, -0.15) is 0 Å². The highest BCUT2D eigenvalue weighted by Crippen LogP contribution is 2.28. The zero-order valence-corrected chi connectivity index (χ0v) is 17.9. The van der Waals surface area contributed by atoms with Crippen LogP contribution in [0.3, 0.4) is 0 Å². The third-order valence-corrected chi connectivity index (χ3v) is 6.03. The van der Waals surface area contributed by atoms with Crippen molar-refractivity contribution in [2.45, 2.75) is 32.6 Å². The van der Waals surface area contributed by atoms with Crippen molar-refractivity contribution in [1.29, 1.82) is 0 Å². The fourth-order valence-corrected chi connectivity index (χ4v) is 4.33. The number of primary amides is 1.